The van der Waals surface area contributed by atoms with Crippen LogP contribution in [-0.2, 0) is 52.2 Å². The molecular weight excluding hydrogens is 1730 g/mol. The fourth-order valence-corrected chi connectivity index (χ4v) is 15.0. The lowest BCUT2D eigenvalue weighted by atomic mass is 9.91. The molecule has 6 fully saturated rings. The number of hydrazine groups is 1. The summed E-state index contributed by atoms with van der Waals surface area (Å²) in [7, 11) is 2.11. The first-order valence-corrected chi connectivity index (χ1v) is 46.8. The second kappa shape index (κ2) is 57.9. The van der Waals surface area contributed by atoms with Crippen molar-refractivity contribution in [3.8, 4) is 0 Å². The number of carbonyl (C=O) groups excluding carboxylic acids is 10. The molecule has 20 N–H and O–H groups in total. The fraction of sp³-hybridized carbons (Fsp3) is 0.541. The number of piperazine rings is 1. The van der Waals surface area contributed by atoms with Gasteiger partial charge in [0.25, 0.3) is 0 Å². The zero-order chi connectivity index (χ0) is 99.2. The third-order valence-corrected chi connectivity index (χ3v) is 22.1. The van der Waals surface area contributed by atoms with Gasteiger partial charge in [-0.3, -0.25) is 0 Å². The van der Waals surface area contributed by atoms with Crippen LogP contribution in [-0.4, -0.2) is 253 Å². The Bertz CT molecular complexity index is 4650. The molecule has 1 saturated carbocycles. The van der Waals surface area contributed by atoms with E-state index in [1.54, 1.807) is 125 Å². The van der Waals surface area contributed by atoms with E-state index < -0.39 is 11.2 Å². The molecule has 6 aromatic rings. The van der Waals surface area contributed by atoms with Gasteiger partial charge in [0.05, 0.1) is 141 Å². The number of alkyl carbamates (subject to hydrolysis) is 1. The summed E-state index contributed by atoms with van der Waals surface area (Å²) in [5.41, 5.74) is 49.7. The van der Waals surface area contributed by atoms with E-state index >= 15 is 0 Å². The molecule has 1 aliphatic carbocycles. The van der Waals surface area contributed by atoms with Crippen LogP contribution in [0.15, 0.2) is 109 Å². The lowest BCUT2D eigenvalue weighted by molar-refractivity contribution is -0.191. The summed E-state index contributed by atoms with van der Waals surface area (Å²) in [5.74, 6) is -2.09. The zero-order valence-electron chi connectivity index (χ0n) is 81.3. The van der Waals surface area contributed by atoms with E-state index in [4.69, 9.17) is 86.6 Å². The van der Waals surface area contributed by atoms with Crippen molar-refractivity contribution in [2.45, 2.75) is 215 Å². The van der Waals surface area contributed by atoms with Gasteiger partial charge in [0.15, 0.2) is 0 Å². The van der Waals surface area contributed by atoms with Gasteiger partial charge in [-0.25, -0.2) is 43.4 Å². The van der Waals surface area contributed by atoms with E-state index in [-0.39, 0.29) is 72.3 Å². The van der Waals surface area contributed by atoms with Gasteiger partial charge < -0.3 is 134 Å². The number of anilines is 12. The number of nitrogens with zero attached hydrogens (tertiary/aromatic N) is 4. The molecule has 12 rings (SSSR count). The molecule has 744 valence electrons. The molecule has 0 aromatic heterocycles. The standard InChI is InChI=1S/C20H31N3O4.C19H29N3O4.C16H25N3O2.C14H22N4O2.C14H21N3O2.C14H20N2O3.CO2/c1-5-26-18(24)13-6-11-17(16(21)12-13)22-14-7-9-15(10-8-14)23-19(25)27-20(2,3)4;1-5-25-17(23)13-6-7-16(15(20)12-13)21-14-8-10-22(11-9-14)18(24)26-19(2,3)4;1-3-19-9-7-13(8-10-19)18-15-6-5-12(11-14(15)17)16(20)21-4-2;1-3-20-14(19)11-4-5-13(12(15)10-11)16-18-8-6-17(2)7-9-18;1-2-19-14(18)10-3-4-13(12(15)9-10)17-11-5-7-16-8-6-11;1-2-19-14(17)10-3-4-13(12(15)9-10)16-11-5-7-18-8-6-11;2-1-3/h6,11-12,14-15,22H,5,7-10,21H2,1-4H3,(H,23,25);6-7,12,14,21H,5,8-11,20H2,1-4H3;5-6,11,13,18H,3-4,7-10,17H2,1-2H3;4-5,10,16H,3,6-9,15H2,1-2H3;3-4,9,11,16-17H,2,5-8,15H2,1H3;3-4,9,11,16H,2,5-8,15H2,1H3;. The highest BCUT2D eigenvalue weighted by molar-refractivity contribution is 5.96. The normalized spacial score (nSPS) is 16.6. The second-order valence-electron chi connectivity index (χ2n) is 34.9. The van der Waals surface area contributed by atoms with Crippen LogP contribution in [0.2, 0.25) is 0 Å². The Kier molecular flexibility index (Phi) is 47.7. The first kappa shape index (κ1) is 111. The first-order valence-electron chi connectivity index (χ1n) is 46.8. The minimum Gasteiger partial charge on any atom is -0.462 e. The lowest BCUT2D eigenvalue weighted by Gasteiger charge is -2.34. The molecule has 5 aliphatic heterocycles. The topological polar surface area (TPSA) is 519 Å². The number of amides is 2. The molecule has 5 heterocycles. The maximum Gasteiger partial charge on any atom is 0.410 e. The van der Waals surface area contributed by atoms with Gasteiger partial charge >= 0.3 is 54.2 Å². The molecule has 6 aromatic carbocycles. The van der Waals surface area contributed by atoms with Crippen molar-refractivity contribution in [2.24, 2.45) is 0 Å². The molecule has 2 amide bonds. The quantitative estimate of drug-likeness (QED) is 0.0136. The Morgan fingerprint density at radius 1 is 0.370 bits per heavy atom. The average molecular weight is 1880 g/mol. The van der Waals surface area contributed by atoms with Crippen LogP contribution in [0.25, 0.3) is 0 Å². The van der Waals surface area contributed by atoms with Gasteiger partial charge in [0, 0.05) is 102 Å². The Balaban J connectivity index is 0.000000249. The largest absolute Gasteiger partial charge is 0.462 e. The smallest absolute Gasteiger partial charge is 0.410 e. The van der Waals surface area contributed by atoms with E-state index in [9.17, 15) is 38.4 Å². The van der Waals surface area contributed by atoms with E-state index in [2.05, 4.69) is 71.4 Å². The molecule has 135 heavy (non-hydrogen) atoms. The number of carbonyl (C=O) groups is 8. The molecular formula is C98H148N18O19. The number of hydrogen-bond acceptors (Lipinski definition) is 35. The van der Waals surface area contributed by atoms with Crippen molar-refractivity contribution in [3.63, 3.8) is 0 Å². The zero-order valence-corrected chi connectivity index (χ0v) is 81.3. The van der Waals surface area contributed by atoms with Crippen LogP contribution >= 0.6 is 0 Å². The first-order chi connectivity index (χ1) is 64.4. The van der Waals surface area contributed by atoms with Crippen molar-refractivity contribution < 1.29 is 90.6 Å². The number of nitrogens with one attached hydrogen (secondary N) is 8. The van der Waals surface area contributed by atoms with Crippen LogP contribution in [0.4, 0.5) is 77.8 Å². The van der Waals surface area contributed by atoms with Crippen molar-refractivity contribution >= 4 is 122 Å². The number of benzene rings is 6. The summed E-state index contributed by atoms with van der Waals surface area (Å²) in [5, 5.41) is 25.5. The van der Waals surface area contributed by atoms with Crippen LogP contribution in [0.5, 0.6) is 0 Å². The molecule has 5 saturated heterocycles. The number of rotatable bonds is 26. The van der Waals surface area contributed by atoms with Gasteiger partial charge in [-0.05, 0) is 296 Å². The highest BCUT2D eigenvalue weighted by Gasteiger charge is 2.30. The van der Waals surface area contributed by atoms with Gasteiger partial charge in [-0.2, -0.15) is 9.59 Å². The second-order valence-corrected chi connectivity index (χ2v) is 34.9. The van der Waals surface area contributed by atoms with E-state index in [0.29, 0.717) is 138 Å². The third-order valence-electron chi connectivity index (χ3n) is 22.1. The minimum absolute atomic E-state index is 0.126. The Hall–Kier alpha value is -12.5. The number of esters is 6. The number of piperidine rings is 3. The summed E-state index contributed by atoms with van der Waals surface area (Å²) in [6.07, 6.45) is 11.1. The SMILES string of the molecule is CCOC(=O)c1ccc(NC2CCC(NC(=O)OC(C)(C)C)CC2)c(N)c1.CCOC(=O)c1ccc(NC2CCN(C(=O)OC(C)(C)C)CC2)c(N)c1.CCOC(=O)c1ccc(NC2CCN(CC)CC2)c(N)c1.CCOC(=O)c1ccc(NC2CCNCC2)c(N)c1.CCOC(=O)c1ccc(NC2CCOCC2)c(N)c1.CCOC(=O)c1ccc(NN2CCN(C)CC2)c(N)c1.O=C=O. The lowest BCUT2D eigenvalue weighted by Crippen LogP contribution is -2.47. The van der Waals surface area contributed by atoms with Crippen molar-refractivity contribution in [3.05, 3.63) is 143 Å². The molecule has 6 aliphatic rings. The summed E-state index contributed by atoms with van der Waals surface area (Å²) >= 11 is 0. The van der Waals surface area contributed by atoms with Crippen LogP contribution in [0.3, 0.4) is 0 Å². The number of likely N-dealkylation sites (tertiary alicyclic amines) is 2. The van der Waals surface area contributed by atoms with Crippen molar-refractivity contribution in [2.75, 3.05) is 198 Å². The van der Waals surface area contributed by atoms with Gasteiger partial charge in [-0.15, -0.1) is 0 Å². The minimum atomic E-state index is -0.490. The fourth-order valence-electron chi connectivity index (χ4n) is 15.0. The number of ether oxygens (including phenoxy) is 9. The number of nitrogen functional groups attached to an aromatic ring is 6. The van der Waals surface area contributed by atoms with Crippen LogP contribution in [0, 0.1) is 0 Å². The van der Waals surface area contributed by atoms with Gasteiger partial charge in [0.2, 0.25) is 0 Å². The molecule has 37 heteroatoms. The summed E-state index contributed by atoms with van der Waals surface area (Å²) in [4.78, 5) is 117. The summed E-state index contributed by atoms with van der Waals surface area (Å²) in [6, 6.07) is 33.2. The Morgan fingerprint density at radius 2 is 0.644 bits per heavy atom. The van der Waals surface area contributed by atoms with Crippen LogP contribution in [0.1, 0.15) is 229 Å². The number of nitrogens with two attached hydrogens (primary N) is 6. The predicted octanol–water partition coefficient (Wildman–Crippen LogP) is 13.4. The number of likely N-dealkylation sites (N-methyl/N-ethyl adjacent to an activating group) is 1. The molecule has 0 radical (unpaired) electrons. The molecule has 0 spiro atoms. The molecule has 0 unspecified atom stereocenters. The van der Waals surface area contributed by atoms with Crippen LogP contribution < -0.4 is 77.0 Å². The van der Waals surface area contributed by atoms with E-state index in [1.165, 1.54) is 0 Å². The summed E-state index contributed by atoms with van der Waals surface area (Å²) < 4.78 is 45.8. The van der Waals surface area contributed by atoms with Crippen molar-refractivity contribution in [1.29, 1.82) is 0 Å². The molecule has 37 nitrogen and oxygen atoms in total. The van der Waals surface area contributed by atoms with Crippen molar-refractivity contribution in [1.82, 2.24) is 30.3 Å². The molecule has 0 bridgehead atoms. The Labute approximate surface area is 794 Å². The van der Waals surface area contributed by atoms with Gasteiger partial charge in [0.1, 0.15) is 11.2 Å². The molecule has 0 atom stereocenters. The Morgan fingerprint density at radius 3 is 0.933 bits per heavy atom. The highest BCUT2D eigenvalue weighted by Crippen LogP contribution is 2.32. The van der Waals surface area contributed by atoms with E-state index in [1.807, 2.05) is 71.9 Å². The predicted molar refractivity (Wildman–Crippen MR) is 528 cm³/mol. The maximum absolute atomic E-state index is 12.1. The highest BCUT2D eigenvalue weighted by atomic mass is 16.6. The van der Waals surface area contributed by atoms with Gasteiger partial charge in [-0.1, -0.05) is 6.92 Å². The number of hydrogen-bond donors (Lipinski definition) is 14. The summed E-state index contributed by atoms with van der Waals surface area (Å²) in [6.45, 7) is 38.3. The third kappa shape index (κ3) is 40.3. The monoisotopic (exact) mass is 1880 g/mol. The average Bonchev–Trinajstić information content (AvgIpc) is 0.842. The van der Waals surface area contributed by atoms with E-state index in [0.717, 1.165) is 183 Å². The maximum atomic E-state index is 12.1.